The highest BCUT2D eigenvalue weighted by molar-refractivity contribution is 5.94. The summed E-state index contributed by atoms with van der Waals surface area (Å²) in [7, 11) is 1.68. The van der Waals surface area contributed by atoms with Crippen molar-refractivity contribution in [3.63, 3.8) is 0 Å². The van der Waals surface area contributed by atoms with Crippen LogP contribution in [0.25, 0.3) is 0 Å². The predicted molar refractivity (Wildman–Crippen MR) is 113 cm³/mol. The van der Waals surface area contributed by atoms with Crippen LogP contribution in [-0.2, 0) is 13.0 Å². The third-order valence-electron chi connectivity index (χ3n) is 5.62. The molecule has 2 aromatic carbocycles. The number of methoxy groups -OCH3 is 1. The van der Waals surface area contributed by atoms with E-state index in [9.17, 15) is 4.79 Å². The van der Waals surface area contributed by atoms with Gasteiger partial charge >= 0.3 is 0 Å². The fourth-order valence-corrected chi connectivity index (χ4v) is 4.08. The molecule has 0 unspecified atom stereocenters. The number of carbonyl (C=O) groups excluding carboxylic acids is 1. The van der Waals surface area contributed by atoms with E-state index in [1.54, 1.807) is 7.11 Å². The summed E-state index contributed by atoms with van der Waals surface area (Å²) in [5, 5.41) is 7.72. The molecular weight excluding hydrogens is 362 g/mol. The lowest BCUT2D eigenvalue weighted by Crippen LogP contribution is -2.31. The molecule has 1 amide bonds. The topological polar surface area (TPSA) is 56.1 Å². The predicted octanol–water partition coefficient (Wildman–Crippen LogP) is 4.36. The molecule has 29 heavy (non-hydrogen) atoms. The van der Waals surface area contributed by atoms with Gasteiger partial charge in [-0.15, -0.1) is 0 Å². The Labute approximate surface area is 171 Å². The Morgan fingerprint density at radius 2 is 1.97 bits per heavy atom. The van der Waals surface area contributed by atoms with E-state index in [2.05, 4.69) is 35.5 Å². The van der Waals surface area contributed by atoms with Crippen LogP contribution in [0.15, 0.2) is 48.5 Å². The molecule has 0 aliphatic heterocycles. The Hall–Kier alpha value is -3.08. The van der Waals surface area contributed by atoms with Gasteiger partial charge in [0.15, 0.2) is 0 Å². The summed E-state index contributed by atoms with van der Waals surface area (Å²) in [6.07, 6.45) is 3.05. The number of aromatic nitrogens is 2. The Balaban J connectivity index is 1.45. The molecule has 150 valence electrons. The van der Waals surface area contributed by atoms with Gasteiger partial charge in [-0.25, -0.2) is 0 Å². The van der Waals surface area contributed by atoms with Crippen molar-refractivity contribution in [3.8, 4) is 5.75 Å². The summed E-state index contributed by atoms with van der Waals surface area (Å²) in [4.78, 5) is 12.8. The second-order valence-electron chi connectivity index (χ2n) is 7.76. The molecule has 1 aromatic heterocycles. The lowest BCUT2D eigenvalue weighted by molar-refractivity contribution is 0.0932. The van der Waals surface area contributed by atoms with Crippen molar-refractivity contribution >= 4 is 5.91 Å². The van der Waals surface area contributed by atoms with E-state index in [0.717, 1.165) is 42.0 Å². The Bertz CT molecular complexity index is 1020. The number of benzene rings is 2. The minimum absolute atomic E-state index is 0.0312. The normalized spacial score (nSPS) is 15.6. The molecule has 5 nitrogen and oxygen atoms in total. The lowest BCUT2D eigenvalue weighted by atomic mass is 9.87. The molecule has 1 aliphatic carbocycles. The largest absolute Gasteiger partial charge is 0.497 e. The molecule has 5 heteroatoms. The first-order chi connectivity index (χ1) is 14.0. The maximum atomic E-state index is 12.8. The van der Waals surface area contributed by atoms with Crippen LogP contribution in [0.1, 0.15) is 57.3 Å². The number of aryl methyl sites for hydroxylation is 3. The molecule has 0 fully saturated rings. The monoisotopic (exact) mass is 389 g/mol. The van der Waals surface area contributed by atoms with E-state index in [1.165, 1.54) is 11.1 Å². The molecule has 0 spiro atoms. The van der Waals surface area contributed by atoms with Crippen molar-refractivity contribution in [1.29, 1.82) is 0 Å². The SMILES string of the molecule is COc1ccc2c(c1)CCC[C@@H]2NC(=O)c1ccc(Cn2nc(C)cc2C)cc1. The number of amides is 1. The molecular formula is C24H27N3O2. The van der Waals surface area contributed by atoms with Gasteiger partial charge in [-0.3, -0.25) is 9.48 Å². The number of hydrogen-bond donors (Lipinski definition) is 1. The number of ether oxygens (including phenoxy) is 1. The summed E-state index contributed by atoms with van der Waals surface area (Å²) >= 11 is 0. The molecule has 0 bridgehead atoms. The van der Waals surface area contributed by atoms with E-state index in [4.69, 9.17) is 4.74 Å². The van der Waals surface area contributed by atoms with Crippen LogP contribution in [0, 0.1) is 13.8 Å². The van der Waals surface area contributed by atoms with Crippen molar-refractivity contribution in [3.05, 3.63) is 82.2 Å². The summed E-state index contributed by atoms with van der Waals surface area (Å²) in [6, 6.07) is 16.1. The van der Waals surface area contributed by atoms with Crippen LogP contribution in [0.2, 0.25) is 0 Å². The number of nitrogens with zero attached hydrogens (tertiary/aromatic N) is 2. The van der Waals surface area contributed by atoms with Crippen molar-refractivity contribution in [2.45, 2.75) is 45.7 Å². The highest BCUT2D eigenvalue weighted by Crippen LogP contribution is 2.32. The van der Waals surface area contributed by atoms with Gasteiger partial charge < -0.3 is 10.1 Å². The maximum Gasteiger partial charge on any atom is 0.251 e. The van der Waals surface area contributed by atoms with Gasteiger partial charge in [-0.1, -0.05) is 18.2 Å². The molecule has 1 N–H and O–H groups in total. The maximum absolute atomic E-state index is 12.8. The molecule has 1 atom stereocenters. The van der Waals surface area contributed by atoms with Crippen molar-refractivity contribution in [1.82, 2.24) is 15.1 Å². The minimum Gasteiger partial charge on any atom is -0.497 e. The first-order valence-corrected chi connectivity index (χ1v) is 10.1. The zero-order valence-corrected chi connectivity index (χ0v) is 17.2. The minimum atomic E-state index is -0.0312. The van der Waals surface area contributed by atoms with E-state index >= 15 is 0 Å². The van der Waals surface area contributed by atoms with Gasteiger partial charge in [0.25, 0.3) is 5.91 Å². The Kier molecular flexibility index (Phi) is 5.38. The summed E-state index contributed by atoms with van der Waals surface area (Å²) in [6.45, 7) is 4.76. The van der Waals surface area contributed by atoms with Gasteiger partial charge in [0.05, 0.1) is 25.4 Å². The van der Waals surface area contributed by atoms with Gasteiger partial charge in [0.2, 0.25) is 0 Å². The zero-order valence-electron chi connectivity index (χ0n) is 17.2. The smallest absolute Gasteiger partial charge is 0.251 e. The quantitative estimate of drug-likeness (QED) is 0.705. The van der Waals surface area contributed by atoms with Gasteiger partial charge in [-0.05, 0) is 80.1 Å². The van der Waals surface area contributed by atoms with Crippen LogP contribution in [0.4, 0.5) is 0 Å². The fourth-order valence-electron chi connectivity index (χ4n) is 4.08. The fraction of sp³-hybridized carbons (Fsp3) is 0.333. The first-order valence-electron chi connectivity index (χ1n) is 10.1. The summed E-state index contributed by atoms with van der Waals surface area (Å²) in [5.41, 5.74) is 6.43. The third kappa shape index (κ3) is 4.19. The van der Waals surface area contributed by atoms with E-state index in [0.29, 0.717) is 12.1 Å². The third-order valence-corrected chi connectivity index (χ3v) is 5.62. The number of hydrogen-bond acceptors (Lipinski definition) is 3. The van der Waals surface area contributed by atoms with Crippen LogP contribution < -0.4 is 10.1 Å². The van der Waals surface area contributed by atoms with Crippen molar-refractivity contribution < 1.29 is 9.53 Å². The van der Waals surface area contributed by atoms with Crippen LogP contribution in [0.3, 0.4) is 0 Å². The zero-order chi connectivity index (χ0) is 20.4. The van der Waals surface area contributed by atoms with E-state index in [-0.39, 0.29) is 11.9 Å². The van der Waals surface area contributed by atoms with Gasteiger partial charge in [0.1, 0.15) is 5.75 Å². The van der Waals surface area contributed by atoms with Crippen molar-refractivity contribution in [2.75, 3.05) is 7.11 Å². The van der Waals surface area contributed by atoms with Crippen LogP contribution in [0.5, 0.6) is 5.75 Å². The summed E-state index contributed by atoms with van der Waals surface area (Å²) < 4.78 is 7.32. The lowest BCUT2D eigenvalue weighted by Gasteiger charge is -2.27. The molecule has 0 saturated heterocycles. The Morgan fingerprint density at radius 3 is 2.66 bits per heavy atom. The number of carbonyl (C=O) groups is 1. The summed E-state index contributed by atoms with van der Waals surface area (Å²) in [5.74, 6) is 0.838. The molecule has 1 heterocycles. The number of rotatable bonds is 5. The van der Waals surface area contributed by atoms with E-state index in [1.807, 2.05) is 41.9 Å². The highest BCUT2D eigenvalue weighted by Gasteiger charge is 2.22. The number of fused-ring (bicyclic) bond motifs is 1. The van der Waals surface area contributed by atoms with Gasteiger partial charge in [0, 0.05) is 11.3 Å². The van der Waals surface area contributed by atoms with Crippen LogP contribution in [-0.4, -0.2) is 22.8 Å². The number of nitrogens with one attached hydrogen (secondary N) is 1. The molecule has 3 aromatic rings. The van der Waals surface area contributed by atoms with Crippen LogP contribution >= 0.6 is 0 Å². The molecule has 1 aliphatic rings. The molecule has 0 saturated carbocycles. The second-order valence-corrected chi connectivity index (χ2v) is 7.76. The standard InChI is InChI=1S/C24H27N3O2/c1-16-13-17(2)27(26-16)15-18-7-9-19(10-8-18)24(28)25-23-6-4-5-20-14-21(29-3)11-12-22(20)23/h7-14,23H,4-6,15H2,1-3H3,(H,25,28)/t23-/m0/s1. The highest BCUT2D eigenvalue weighted by atomic mass is 16.5. The average molecular weight is 389 g/mol. The Morgan fingerprint density at radius 1 is 1.17 bits per heavy atom. The van der Waals surface area contributed by atoms with E-state index < -0.39 is 0 Å². The molecule has 4 rings (SSSR count). The average Bonchev–Trinajstić information content (AvgIpc) is 3.05. The first kappa shape index (κ1) is 19.2. The molecule has 0 radical (unpaired) electrons. The second kappa shape index (κ2) is 8.11. The van der Waals surface area contributed by atoms with Gasteiger partial charge in [-0.2, -0.15) is 5.10 Å². The van der Waals surface area contributed by atoms with Crippen molar-refractivity contribution in [2.24, 2.45) is 0 Å².